The maximum atomic E-state index is 12.2. The van der Waals surface area contributed by atoms with Crippen LogP contribution >= 0.6 is 0 Å². The zero-order valence-electron chi connectivity index (χ0n) is 15.1. The van der Waals surface area contributed by atoms with Gasteiger partial charge in [0.05, 0.1) is 22.0 Å². The number of benzene rings is 2. The smallest absolute Gasteiger partial charge is 0.274 e. The molecule has 0 radical (unpaired) electrons. The minimum Gasteiger partial charge on any atom is -0.274 e. The number of aromatic amines is 1. The van der Waals surface area contributed by atoms with Gasteiger partial charge in [0.2, 0.25) is 5.91 Å². The van der Waals surface area contributed by atoms with Gasteiger partial charge in [-0.05, 0) is 43.3 Å². The molecule has 2 aromatic carbocycles. The Balaban J connectivity index is 1.86. The number of nitrogens with zero attached hydrogens (tertiary/aromatic N) is 3. The van der Waals surface area contributed by atoms with Gasteiger partial charge >= 0.3 is 0 Å². The lowest BCUT2D eigenvalue weighted by Gasteiger charge is -2.04. The quantitative estimate of drug-likeness (QED) is 0.640. The molecule has 1 aromatic heterocycles. The molecule has 0 bridgehead atoms. The van der Waals surface area contributed by atoms with Crippen LogP contribution in [0, 0.1) is 6.92 Å². The number of amides is 1. The molecule has 9 nitrogen and oxygen atoms in total. The fourth-order valence-electron chi connectivity index (χ4n) is 2.51. The van der Waals surface area contributed by atoms with Crippen LogP contribution < -0.4 is 10.3 Å². The van der Waals surface area contributed by atoms with Gasteiger partial charge in [-0.15, -0.1) is 5.11 Å². The molecule has 3 aromatic rings. The number of nitrogens with one attached hydrogen (secondary N) is 2. The molecule has 0 aliphatic heterocycles. The normalized spacial score (nSPS) is 11.6. The Morgan fingerprint density at radius 2 is 1.68 bits per heavy atom. The number of aromatic nitrogens is 2. The lowest BCUT2D eigenvalue weighted by Crippen LogP contribution is -2.28. The Labute approximate surface area is 160 Å². The summed E-state index contributed by atoms with van der Waals surface area (Å²) < 4.78 is 27.3. The van der Waals surface area contributed by atoms with Crippen molar-refractivity contribution >= 4 is 27.3 Å². The number of para-hydroxylation sites is 1. The zero-order chi connectivity index (χ0) is 20.3. The average molecular weight is 399 g/mol. The van der Waals surface area contributed by atoms with Crippen molar-refractivity contribution in [1.29, 1.82) is 0 Å². The van der Waals surface area contributed by atoms with Crippen LogP contribution in [0.15, 0.2) is 74.5 Å². The molecule has 1 heterocycles. The Bertz CT molecular complexity index is 1190. The van der Waals surface area contributed by atoms with Gasteiger partial charge in [-0.3, -0.25) is 19.4 Å². The summed E-state index contributed by atoms with van der Waals surface area (Å²) in [4.78, 5) is 23.1. The van der Waals surface area contributed by atoms with E-state index in [1.807, 2.05) is 35.1 Å². The molecule has 0 saturated heterocycles. The van der Waals surface area contributed by atoms with E-state index in [0.29, 0.717) is 11.4 Å². The van der Waals surface area contributed by atoms with Gasteiger partial charge in [-0.2, -0.15) is 5.11 Å². The lowest BCUT2D eigenvalue weighted by atomic mass is 10.3. The highest BCUT2D eigenvalue weighted by atomic mass is 32.2. The molecular formula is C18H17N5O4S. The minimum atomic E-state index is -3.91. The van der Waals surface area contributed by atoms with Crippen molar-refractivity contribution in [1.82, 2.24) is 14.5 Å². The van der Waals surface area contributed by atoms with Crippen LogP contribution in [0.4, 0.5) is 11.4 Å². The van der Waals surface area contributed by atoms with Gasteiger partial charge < -0.3 is 0 Å². The van der Waals surface area contributed by atoms with Crippen molar-refractivity contribution < 1.29 is 13.2 Å². The van der Waals surface area contributed by atoms with Crippen LogP contribution in [0.1, 0.15) is 12.6 Å². The molecule has 28 heavy (non-hydrogen) atoms. The molecule has 0 spiro atoms. The van der Waals surface area contributed by atoms with Gasteiger partial charge in [0.1, 0.15) is 0 Å². The average Bonchev–Trinajstić information content (AvgIpc) is 2.94. The minimum absolute atomic E-state index is 0.0779. The summed E-state index contributed by atoms with van der Waals surface area (Å²) in [7, 11) is -3.91. The number of hydrogen-bond acceptors (Lipinski definition) is 6. The fraction of sp³-hybridized carbons (Fsp3) is 0.111. The highest BCUT2D eigenvalue weighted by molar-refractivity contribution is 7.90. The van der Waals surface area contributed by atoms with Crippen molar-refractivity contribution in [2.45, 2.75) is 18.7 Å². The van der Waals surface area contributed by atoms with Gasteiger partial charge in [-0.1, -0.05) is 18.2 Å². The van der Waals surface area contributed by atoms with E-state index >= 15 is 0 Å². The first kappa shape index (κ1) is 19.2. The first-order chi connectivity index (χ1) is 13.3. The second kappa shape index (κ2) is 7.61. The second-order valence-corrected chi connectivity index (χ2v) is 7.58. The molecular weight excluding hydrogens is 382 g/mol. The Hall–Kier alpha value is -3.53. The van der Waals surface area contributed by atoms with Gasteiger partial charge in [0.25, 0.3) is 15.6 Å². The van der Waals surface area contributed by atoms with E-state index in [-0.39, 0.29) is 10.6 Å². The van der Waals surface area contributed by atoms with Crippen LogP contribution in [0.2, 0.25) is 0 Å². The summed E-state index contributed by atoms with van der Waals surface area (Å²) in [5.41, 5.74) is 1.48. The molecule has 10 heteroatoms. The Morgan fingerprint density at radius 3 is 2.29 bits per heavy atom. The zero-order valence-corrected chi connectivity index (χ0v) is 15.9. The number of azo groups is 1. The first-order valence-electron chi connectivity index (χ1n) is 8.20. The van der Waals surface area contributed by atoms with E-state index in [0.717, 1.165) is 12.6 Å². The highest BCUT2D eigenvalue weighted by Gasteiger charge is 2.15. The molecule has 1 amide bonds. The topological polar surface area (TPSA) is 126 Å². The number of carbonyl (C=O) groups excluding carboxylic acids is 1. The predicted molar refractivity (Wildman–Crippen MR) is 103 cm³/mol. The van der Waals surface area contributed by atoms with Gasteiger partial charge in [0, 0.05) is 6.92 Å². The maximum absolute atomic E-state index is 12.2. The number of sulfonamides is 1. The second-order valence-electron chi connectivity index (χ2n) is 5.90. The number of hydrogen-bond donors (Lipinski definition) is 2. The maximum Gasteiger partial charge on any atom is 0.292 e. The summed E-state index contributed by atoms with van der Waals surface area (Å²) in [5, 5.41) is 10.7. The van der Waals surface area contributed by atoms with E-state index < -0.39 is 21.5 Å². The third-order valence-corrected chi connectivity index (χ3v) is 5.26. The summed E-state index contributed by atoms with van der Waals surface area (Å²) in [6.07, 6.45) is 0. The molecule has 0 saturated carbocycles. The molecule has 0 aliphatic rings. The van der Waals surface area contributed by atoms with Crippen molar-refractivity contribution in [2.75, 3.05) is 0 Å². The van der Waals surface area contributed by atoms with Crippen LogP contribution in [0.3, 0.4) is 0 Å². The predicted octanol–water partition coefficient (Wildman–Crippen LogP) is 2.71. The third kappa shape index (κ3) is 4.07. The molecule has 144 valence electrons. The van der Waals surface area contributed by atoms with E-state index in [9.17, 15) is 18.0 Å². The third-order valence-electron chi connectivity index (χ3n) is 3.81. The standard InChI is InChI=1S/C18H17N5O4S/c1-12-17(18(25)21-23(12)15-6-4-3-5-7-15)20-19-14-8-10-16(11-9-14)28(26,27)22-13(2)24/h3-11H,1-2H3,(H,21,25)(H,22,24). The molecule has 0 aliphatic carbocycles. The molecule has 0 unspecified atom stereocenters. The fourth-order valence-corrected chi connectivity index (χ4v) is 3.50. The van der Waals surface area contributed by atoms with Crippen LogP contribution in [-0.2, 0) is 14.8 Å². The van der Waals surface area contributed by atoms with E-state index in [1.165, 1.54) is 24.3 Å². The van der Waals surface area contributed by atoms with Crippen LogP contribution in [-0.4, -0.2) is 24.1 Å². The first-order valence-corrected chi connectivity index (χ1v) is 9.68. The number of carbonyl (C=O) groups is 1. The molecule has 0 atom stereocenters. The van der Waals surface area contributed by atoms with Gasteiger partial charge in [0.15, 0.2) is 5.69 Å². The van der Waals surface area contributed by atoms with Crippen LogP contribution in [0.25, 0.3) is 5.69 Å². The monoisotopic (exact) mass is 399 g/mol. The summed E-state index contributed by atoms with van der Waals surface area (Å²) in [6.45, 7) is 2.85. The summed E-state index contributed by atoms with van der Waals surface area (Å²) >= 11 is 0. The van der Waals surface area contributed by atoms with Crippen molar-refractivity contribution in [3.63, 3.8) is 0 Å². The highest BCUT2D eigenvalue weighted by Crippen LogP contribution is 2.22. The van der Waals surface area contributed by atoms with Crippen LogP contribution in [0.5, 0.6) is 0 Å². The van der Waals surface area contributed by atoms with Crippen molar-refractivity contribution in [2.24, 2.45) is 10.2 Å². The van der Waals surface area contributed by atoms with E-state index in [1.54, 1.807) is 11.6 Å². The molecule has 3 rings (SSSR count). The number of rotatable bonds is 5. The largest absolute Gasteiger partial charge is 0.292 e. The Kier molecular flexibility index (Phi) is 5.23. The SMILES string of the molecule is CC(=O)NS(=O)(=O)c1ccc(N=Nc2c(C)n(-c3ccccc3)[nH]c2=O)cc1. The van der Waals surface area contributed by atoms with Gasteiger partial charge in [-0.25, -0.2) is 13.1 Å². The van der Waals surface area contributed by atoms with E-state index in [2.05, 4.69) is 15.3 Å². The lowest BCUT2D eigenvalue weighted by molar-refractivity contribution is -0.117. The van der Waals surface area contributed by atoms with E-state index in [4.69, 9.17) is 0 Å². The van der Waals surface area contributed by atoms with Crippen molar-refractivity contribution in [3.8, 4) is 5.69 Å². The summed E-state index contributed by atoms with van der Waals surface area (Å²) in [6, 6.07) is 14.7. The molecule has 0 fully saturated rings. The Morgan fingerprint density at radius 1 is 1.04 bits per heavy atom. The summed E-state index contributed by atoms with van der Waals surface area (Å²) in [5.74, 6) is -0.679. The number of H-pyrrole nitrogens is 1. The van der Waals surface area contributed by atoms with Crippen molar-refractivity contribution in [3.05, 3.63) is 70.6 Å². The molecule has 2 N–H and O–H groups in total.